The van der Waals surface area contributed by atoms with E-state index >= 15 is 0 Å². The summed E-state index contributed by atoms with van der Waals surface area (Å²) in [6.45, 7) is 3.31. The standard InChI is InChI=1S/C12H16N2S/c15-10-13-12-6-7-14(9-12)8-11-4-2-1-3-5-11/h1-5,10,12H,6-9H2,(H,13,15). The molecule has 1 atom stereocenters. The molecule has 0 bridgehead atoms. The number of benzene rings is 1. The molecule has 1 aromatic rings. The first-order valence-electron chi connectivity index (χ1n) is 5.34. The van der Waals surface area contributed by atoms with Gasteiger partial charge in [-0.1, -0.05) is 42.5 Å². The molecule has 1 aliphatic heterocycles. The number of likely N-dealkylation sites (tertiary alicyclic amines) is 1. The van der Waals surface area contributed by atoms with Gasteiger partial charge >= 0.3 is 0 Å². The molecule has 1 saturated heterocycles. The molecule has 1 N–H and O–H groups in total. The zero-order valence-corrected chi connectivity index (χ0v) is 9.54. The van der Waals surface area contributed by atoms with Crippen molar-refractivity contribution in [3.8, 4) is 0 Å². The summed E-state index contributed by atoms with van der Waals surface area (Å²) in [4.78, 5) is 2.46. The van der Waals surface area contributed by atoms with Gasteiger partial charge < -0.3 is 5.32 Å². The molecule has 2 nitrogen and oxygen atoms in total. The first-order chi connectivity index (χ1) is 7.38. The zero-order valence-electron chi connectivity index (χ0n) is 8.73. The van der Waals surface area contributed by atoms with E-state index < -0.39 is 0 Å². The summed E-state index contributed by atoms with van der Waals surface area (Å²) in [5.74, 6) is 0. The van der Waals surface area contributed by atoms with Gasteiger partial charge in [0.05, 0.1) is 5.49 Å². The number of thiocarbonyl (C=S) groups is 1. The molecule has 80 valence electrons. The van der Waals surface area contributed by atoms with Gasteiger partial charge in [-0.15, -0.1) is 0 Å². The number of nitrogens with one attached hydrogen (secondary N) is 1. The van der Waals surface area contributed by atoms with Crippen LogP contribution in [-0.4, -0.2) is 29.5 Å². The highest BCUT2D eigenvalue weighted by molar-refractivity contribution is 7.78. The average Bonchev–Trinajstić information content (AvgIpc) is 2.68. The van der Waals surface area contributed by atoms with Crippen LogP contribution in [0.4, 0.5) is 0 Å². The van der Waals surface area contributed by atoms with E-state index in [-0.39, 0.29) is 0 Å². The zero-order chi connectivity index (χ0) is 10.5. The molecule has 15 heavy (non-hydrogen) atoms. The van der Waals surface area contributed by atoms with Gasteiger partial charge in [0.15, 0.2) is 0 Å². The lowest BCUT2D eigenvalue weighted by atomic mass is 10.2. The van der Waals surface area contributed by atoms with E-state index in [4.69, 9.17) is 12.2 Å². The monoisotopic (exact) mass is 220 g/mol. The van der Waals surface area contributed by atoms with E-state index in [0.29, 0.717) is 6.04 Å². The van der Waals surface area contributed by atoms with Crippen LogP contribution in [0.1, 0.15) is 12.0 Å². The lowest BCUT2D eigenvalue weighted by molar-refractivity contribution is 0.325. The third-order valence-corrected chi connectivity index (χ3v) is 2.96. The van der Waals surface area contributed by atoms with Crippen LogP contribution in [0.5, 0.6) is 0 Å². The third-order valence-electron chi connectivity index (χ3n) is 2.83. The molecule has 1 fully saturated rings. The minimum absolute atomic E-state index is 0.547. The second-order valence-electron chi connectivity index (χ2n) is 3.99. The van der Waals surface area contributed by atoms with Crippen molar-refractivity contribution in [3.63, 3.8) is 0 Å². The van der Waals surface area contributed by atoms with Gasteiger partial charge in [0, 0.05) is 25.7 Å². The second-order valence-corrected chi connectivity index (χ2v) is 4.23. The number of hydrogen-bond donors (Lipinski definition) is 1. The van der Waals surface area contributed by atoms with Gasteiger partial charge in [-0.25, -0.2) is 0 Å². The molecule has 0 aliphatic carbocycles. The Morgan fingerprint density at radius 1 is 1.40 bits per heavy atom. The summed E-state index contributed by atoms with van der Waals surface area (Å²) in [6, 6.07) is 11.2. The van der Waals surface area contributed by atoms with E-state index in [1.54, 1.807) is 5.49 Å². The van der Waals surface area contributed by atoms with Crippen molar-refractivity contribution < 1.29 is 0 Å². The number of hydrogen-bond acceptors (Lipinski definition) is 2. The molecule has 1 aromatic carbocycles. The van der Waals surface area contributed by atoms with Gasteiger partial charge in [0.1, 0.15) is 0 Å². The largest absolute Gasteiger partial charge is 0.378 e. The van der Waals surface area contributed by atoms with Crippen LogP contribution < -0.4 is 5.32 Å². The molecule has 3 heteroatoms. The SMILES string of the molecule is S=CNC1CCN(Cc2ccccc2)C1. The van der Waals surface area contributed by atoms with Crippen LogP contribution in [0.25, 0.3) is 0 Å². The van der Waals surface area contributed by atoms with E-state index in [0.717, 1.165) is 19.6 Å². The Labute approximate surface area is 96.3 Å². The Morgan fingerprint density at radius 3 is 2.93 bits per heavy atom. The predicted octanol–water partition coefficient (Wildman–Crippen LogP) is 1.81. The summed E-state index contributed by atoms with van der Waals surface area (Å²) >= 11 is 4.80. The van der Waals surface area contributed by atoms with E-state index in [1.165, 1.54) is 12.0 Å². The predicted molar refractivity (Wildman–Crippen MR) is 66.9 cm³/mol. The molecule has 1 aliphatic rings. The van der Waals surface area contributed by atoms with Crippen LogP contribution in [0.3, 0.4) is 0 Å². The van der Waals surface area contributed by atoms with E-state index in [1.807, 2.05) is 0 Å². The summed E-state index contributed by atoms with van der Waals surface area (Å²) < 4.78 is 0. The summed E-state index contributed by atoms with van der Waals surface area (Å²) in [5.41, 5.74) is 3.02. The van der Waals surface area contributed by atoms with Crippen LogP contribution in [0, 0.1) is 0 Å². The molecule has 0 radical (unpaired) electrons. The van der Waals surface area contributed by atoms with Crippen molar-refractivity contribution >= 4 is 17.7 Å². The van der Waals surface area contributed by atoms with Gasteiger partial charge in [0.2, 0.25) is 0 Å². The lowest BCUT2D eigenvalue weighted by Gasteiger charge is -2.15. The number of rotatable bonds is 4. The Hall–Kier alpha value is -0.930. The fourth-order valence-electron chi connectivity index (χ4n) is 2.05. The number of nitrogens with zero attached hydrogens (tertiary/aromatic N) is 1. The van der Waals surface area contributed by atoms with Crippen LogP contribution in [-0.2, 0) is 6.54 Å². The quantitative estimate of drug-likeness (QED) is 0.779. The van der Waals surface area contributed by atoms with Crippen LogP contribution >= 0.6 is 12.2 Å². The lowest BCUT2D eigenvalue weighted by Crippen LogP contribution is -2.30. The Kier molecular flexibility index (Phi) is 3.69. The molecular formula is C12H16N2S. The second kappa shape index (κ2) is 5.24. The van der Waals surface area contributed by atoms with Crippen molar-refractivity contribution in [2.75, 3.05) is 13.1 Å². The smallest absolute Gasteiger partial charge is 0.0617 e. The molecule has 0 spiro atoms. The maximum absolute atomic E-state index is 4.80. The van der Waals surface area contributed by atoms with Crippen LogP contribution in [0.15, 0.2) is 30.3 Å². The third kappa shape index (κ3) is 3.01. The fraction of sp³-hybridized carbons (Fsp3) is 0.417. The molecule has 1 unspecified atom stereocenters. The minimum atomic E-state index is 0.547. The Bertz CT molecular complexity index is 313. The van der Waals surface area contributed by atoms with E-state index in [9.17, 15) is 0 Å². The normalized spacial score (nSPS) is 21.5. The maximum Gasteiger partial charge on any atom is 0.0617 e. The molecule has 0 amide bonds. The van der Waals surface area contributed by atoms with Crippen molar-refractivity contribution in [2.45, 2.75) is 19.0 Å². The molecule has 0 saturated carbocycles. The van der Waals surface area contributed by atoms with Crippen molar-refractivity contribution in [2.24, 2.45) is 0 Å². The summed E-state index contributed by atoms with van der Waals surface area (Å²) in [7, 11) is 0. The van der Waals surface area contributed by atoms with Gasteiger partial charge in [-0.3, -0.25) is 4.90 Å². The highest BCUT2D eigenvalue weighted by Crippen LogP contribution is 2.12. The molecule has 2 rings (SSSR count). The van der Waals surface area contributed by atoms with Crippen LogP contribution in [0.2, 0.25) is 0 Å². The highest BCUT2D eigenvalue weighted by Gasteiger charge is 2.20. The topological polar surface area (TPSA) is 15.3 Å². The highest BCUT2D eigenvalue weighted by atomic mass is 32.1. The van der Waals surface area contributed by atoms with Gasteiger partial charge in [-0.05, 0) is 12.0 Å². The minimum Gasteiger partial charge on any atom is -0.378 e. The fourth-order valence-corrected chi connectivity index (χ4v) is 2.24. The maximum atomic E-state index is 4.80. The first-order valence-corrected chi connectivity index (χ1v) is 5.81. The van der Waals surface area contributed by atoms with Crippen molar-refractivity contribution in [1.29, 1.82) is 0 Å². The van der Waals surface area contributed by atoms with Gasteiger partial charge in [0.25, 0.3) is 0 Å². The Morgan fingerprint density at radius 2 is 2.20 bits per heavy atom. The van der Waals surface area contributed by atoms with Crippen molar-refractivity contribution in [3.05, 3.63) is 35.9 Å². The van der Waals surface area contributed by atoms with E-state index in [2.05, 4.69) is 40.5 Å². The molecule has 0 aromatic heterocycles. The summed E-state index contributed by atoms with van der Waals surface area (Å²) in [5, 5.41) is 3.21. The average molecular weight is 220 g/mol. The summed E-state index contributed by atoms with van der Waals surface area (Å²) in [6.07, 6.45) is 1.19. The Balaban J connectivity index is 1.85. The molecule has 1 heterocycles. The van der Waals surface area contributed by atoms with Crippen molar-refractivity contribution in [1.82, 2.24) is 10.2 Å². The molecular weight excluding hydrogens is 204 g/mol. The van der Waals surface area contributed by atoms with Gasteiger partial charge in [-0.2, -0.15) is 0 Å². The first kappa shape index (κ1) is 10.6.